The fourth-order valence-electron chi connectivity index (χ4n) is 2.21. The van der Waals surface area contributed by atoms with Gasteiger partial charge in [-0.05, 0) is 12.0 Å². The van der Waals surface area contributed by atoms with E-state index in [2.05, 4.69) is 67.7 Å². The number of hydrogen-bond donors (Lipinski definition) is 0. The van der Waals surface area contributed by atoms with Gasteiger partial charge in [0.1, 0.15) is 0 Å². The topological polar surface area (TPSA) is 0 Å². The quantitative estimate of drug-likeness (QED) is 0.677. The summed E-state index contributed by atoms with van der Waals surface area (Å²) in [5.74, 6) is 0.673. The molecule has 0 aromatic heterocycles. The molecule has 1 aromatic rings. The van der Waals surface area contributed by atoms with Crippen LogP contribution in [0.15, 0.2) is 54.6 Å². The Bertz CT molecular complexity index is 362. The molecule has 0 radical (unpaired) electrons. The van der Waals surface area contributed by atoms with Gasteiger partial charge in [-0.1, -0.05) is 72.9 Å². The zero-order valence-corrected chi connectivity index (χ0v) is 10.5. The Balaban J connectivity index is 2.13. The van der Waals surface area contributed by atoms with E-state index in [-0.39, 0.29) is 0 Å². The van der Waals surface area contributed by atoms with Crippen LogP contribution in [-0.4, -0.2) is 8.07 Å². The molecule has 1 aromatic carbocycles. The van der Waals surface area contributed by atoms with Crippen LogP contribution in [0.3, 0.4) is 0 Å². The van der Waals surface area contributed by atoms with Crippen LogP contribution in [0.5, 0.6) is 0 Å². The van der Waals surface area contributed by atoms with Crippen LogP contribution >= 0.6 is 0 Å². The van der Waals surface area contributed by atoms with Crippen molar-refractivity contribution >= 4 is 13.3 Å². The highest BCUT2D eigenvalue weighted by atomic mass is 28.3. The van der Waals surface area contributed by atoms with Crippen molar-refractivity contribution in [3.05, 3.63) is 54.6 Å². The first-order chi connectivity index (χ1) is 7.18. The monoisotopic (exact) mass is 214 g/mol. The summed E-state index contributed by atoms with van der Waals surface area (Å²) in [6, 6.07) is 12.3. The van der Waals surface area contributed by atoms with E-state index in [1.165, 1.54) is 6.04 Å². The molecular formula is C14H18Si. The number of rotatable bonds is 3. The Morgan fingerprint density at radius 3 is 2.20 bits per heavy atom. The molecule has 0 N–H and O–H groups in total. The van der Waals surface area contributed by atoms with Gasteiger partial charge in [-0.15, -0.1) is 0 Å². The highest BCUT2D eigenvalue weighted by Crippen LogP contribution is 2.22. The highest BCUT2D eigenvalue weighted by molar-refractivity contribution is 6.89. The van der Waals surface area contributed by atoms with Gasteiger partial charge < -0.3 is 0 Å². The van der Waals surface area contributed by atoms with Crippen LogP contribution in [0.25, 0.3) is 0 Å². The van der Waals surface area contributed by atoms with Crippen LogP contribution in [0.4, 0.5) is 0 Å². The van der Waals surface area contributed by atoms with Crippen LogP contribution in [0.2, 0.25) is 19.1 Å². The van der Waals surface area contributed by atoms with Gasteiger partial charge in [0.05, 0.1) is 8.07 Å². The Morgan fingerprint density at radius 1 is 1.00 bits per heavy atom. The lowest BCUT2D eigenvalue weighted by Crippen LogP contribution is -2.42. The van der Waals surface area contributed by atoms with Crippen molar-refractivity contribution in [3.8, 4) is 0 Å². The van der Waals surface area contributed by atoms with E-state index in [1.54, 1.807) is 5.19 Å². The molecule has 0 amide bonds. The molecule has 0 atom stereocenters. The van der Waals surface area contributed by atoms with Crippen molar-refractivity contribution in [1.82, 2.24) is 0 Å². The SMILES string of the molecule is C[Si](C)(CC1C=CC=C1)c1ccccc1. The van der Waals surface area contributed by atoms with Gasteiger partial charge in [0, 0.05) is 0 Å². The molecule has 1 aliphatic carbocycles. The van der Waals surface area contributed by atoms with E-state index >= 15 is 0 Å². The zero-order valence-electron chi connectivity index (χ0n) is 9.48. The average Bonchev–Trinajstić information content (AvgIpc) is 2.71. The first kappa shape index (κ1) is 10.4. The molecule has 0 bridgehead atoms. The summed E-state index contributed by atoms with van der Waals surface area (Å²) in [7, 11) is -1.25. The second-order valence-electron chi connectivity index (χ2n) is 4.89. The molecule has 0 saturated heterocycles. The van der Waals surface area contributed by atoms with Gasteiger partial charge in [-0.25, -0.2) is 0 Å². The van der Waals surface area contributed by atoms with Crippen molar-refractivity contribution in [2.24, 2.45) is 5.92 Å². The molecule has 1 aliphatic rings. The Kier molecular flexibility index (Phi) is 2.92. The summed E-state index contributed by atoms with van der Waals surface area (Å²) in [6.45, 7) is 4.92. The maximum absolute atomic E-state index is 2.46. The van der Waals surface area contributed by atoms with Gasteiger partial charge in [-0.2, -0.15) is 0 Å². The molecule has 0 fully saturated rings. The molecule has 1 heteroatoms. The van der Waals surface area contributed by atoms with E-state index < -0.39 is 8.07 Å². The lowest BCUT2D eigenvalue weighted by Gasteiger charge is -2.25. The van der Waals surface area contributed by atoms with Crippen LogP contribution in [-0.2, 0) is 0 Å². The molecule has 78 valence electrons. The largest absolute Gasteiger partial charge is 0.0815 e. The third-order valence-electron chi connectivity index (χ3n) is 3.13. The van der Waals surface area contributed by atoms with Crippen LogP contribution in [0.1, 0.15) is 0 Å². The second-order valence-corrected chi connectivity index (χ2v) is 9.64. The first-order valence-corrected chi connectivity index (χ1v) is 8.80. The average molecular weight is 214 g/mol. The Morgan fingerprint density at radius 2 is 1.60 bits per heavy atom. The number of allylic oxidation sites excluding steroid dienone is 4. The van der Waals surface area contributed by atoms with Gasteiger partial charge in [0.25, 0.3) is 0 Å². The van der Waals surface area contributed by atoms with E-state index in [0.717, 1.165) is 0 Å². The molecule has 15 heavy (non-hydrogen) atoms. The van der Waals surface area contributed by atoms with Gasteiger partial charge in [0.2, 0.25) is 0 Å². The normalized spacial score (nSPS) is 16.1. The van der Waals surface area contributed by atoms with Gasteiger partial charge in [-0.3, -0.25) is 0 Å². The van der Waals surface area contributed by atoms with E-state index in [4.69, 9.17) is 0 Å². The summed E-state index contributed by atoms with van der Waals surface area (Å²) in [5, 5.41) is 1.57. The summed E-state index contributed by atoms with van der Waals surface area (Å²) in [5.41, 5.74) is 0. The standard InChI is InChI=1S/C14H18Si/c1-15(2,12-13-8-6-7-9-13)14-10-4-3-5-11-14/h3-11,13H,12H2,1-2H3. The lowest BCUT2D eigenvalue weighted by atomic mass is 10.2. The van der Waals surface area contributed by atoms with Crippen molar-refractivity contribution in [2.45, 2.75) is 19.1 Å². The summed E-state index contributed by atoms with van der Waals surface area (Å²) in [6.07, 6.45) is 8.97. The zero-order chi connectivity index (χ0) is 10.7. The third kappa shape index (κ3) is 2.48. The van der Waals surface area contributed by atoms with E-state index in [9.17, 15) is 0 Å². The molecule has 0 heterocycles. The predicted octanol–water partition coefficient (Wildman–Crippen LogP) is 3.34. The van der Waals surface area contributed by atoms with E-state index in [0.29, 0.717) is 5.92 Å². The van der Waals surface area contributed by atoms with E-state index in [1.807, 2.05) is 0 Å². The molecule has 0 saturated carbocycles. The minimum absolute atomic E-state index is 0.673. The smallest absolute Gasteiger partial charge is 0.0779 e. The Labute approximate surface area is 93.3 Å². The fraction of sp³-hybridized carbons (Fsp3) is 0.286. The number of hydrogen-bond acceptors (Lipinski definition) is 0. The molecule has 2 rings (SSSR count). The summed E-state index contributed by atoms with van der Waals surface area (Å²) in [4.78, 5) is 0. The van der Waals surface area contributed by atoms with Crippen LogP contribution in [0, 0.1) is 5.92 Å². The van der Waals surface area contributed by atoms with Crippen molar-refractivity contribution in [2.75, 3.05) is 0 Å². The van der Waals surface area contributed by atoms with Crippen molar-refractivity contribution in [3.63, 3.8) is 0 Å². The van der Waals surface area contributed by atoms with Crippen molar-refractivity contribution in [1.29, 1.82) is 0 Å². The number of benzene rings is 1. The van der Waals surface area contributed by atoms with Crippen LogP contribution < -0.4 is 5.19 Å². The fourth-order valence-corrected chi connectivity index (χ4v) is 4.99. The maximum atomic E-state index is 2.46. The molecule has 0 nitrogen and oxygen atoms in total. The second kappa shape index (κ2) is 4.19. The Hall–Kier alpha value is -1.08. The molecule has 0 unspecified atom stereocenters. The van der Waals surface area contributed by atoms with Gasteiger partial charge >= 0.3 is 0 Å². The highest BCUT2D eigenvalue weighted by Gasteiger charge is 2.25. The third-order valence-corrected chi connectivity index (χ3v) is 6.52. The maximum Gasteiger partial charge on any atom is 0.0815 e. The molecule has 0 aliphatic heterocycles. The minimum Gasteiger partial charge on any atom is -0.0779 e. The van der Waals surface area contributed by atoms with Crippen molar-refractivity contribution < 1.29 is 0 Å². The van der Waals surface area contributed by atoms with Gasteiger partial charge in [0.15, 0.2) is 0 Å². The minimum atomic E-state index is -1.25. The molecule has 0 spiro atoms. The lowest BCUT2D eigenvalue weighted by molar-refractivity contribution is 0.930. The first-order valence-electron chi connectivity index (χ1n) is 5.59. The molecular weight excluding hydrogens is 196 g/mol. The summed E-state index contributed by atoms with van der Waals surface area (Å²) < 4.78 is 0. The predicted molar refractivity (Wildman–Crippen MR) is 70.1 cm³/mol. The summed E-state index contributed by atoms with van der Waals surface area (Å²) >= 11 is 0.